The molecule has 0 aliphatic heterocycles. The number of aromatic nitrogens is 1. The number of nitrogens with zero attached hydrogens (tertiary/aromatic N) is 1. The van der Waals surface area contributed by atoms with E-state index in [2.05, 4.69) is 10.3 Å². The van der Waals surface area contributed by atoms with Crippen molar-refractivity contribution in [2.24, 2.45) is 0 Å². The summed E-state index contributed by atoms with van der Waals surface area (Å²) in [5.41, 5.74) is 1.65. The SMILES string of the molecule is O=C(NCCc1cccc(-c2cccnc2)c1)c1ccccc1C(F)(F)F. The zero-order valence-electron chi connectivity index (χ0n) is 14.3. The van der Waals surface area contributed by atoms with Gasteiger partial charge in [0, 0.05) is 18.9 Å². The second-order valence-electron chi connectivity index (χ2n) is 5.99. The minimum absolute atomic E-state index is 0.238. The number of carbonyl (C=O) groups is 1. The average Bonchev–Trinajstić information content (AvgIpc) is 2.68. The van der Waals surface area contributed by atoms with Gasteiger partial charge in [0.25, 0.3) is 5.91 Å². The van der Waals surface area contributed by atoms with Gasteiger partial charge in [-0.2, -0.15) is 13.2 Å². The summed E-state index contributed by atoms with van der Waals surface area (Å²) >= 11 is 0. The maximum absolute atomic E-state index is 13.0. The van der Waals surface area contributed by atoms with Gasteiger partial charge in [0.05, 0.1) is 11.1 Å². The van der Waals surface area contributed by atoms with Crippen molar-refractivity contribution in [3.63, 3.8) is 0 Å². The summed E-state index contributed by atoms with van der Waals surface area (Å²) in [7, 11) is 0. The summed E-state index contributed by atoms with van der Waals surface area (Å²) in [6.45, 7) is 0.238. The molecule has 0 atom stereocenters. The first-order valence-electron chi connectivity index (χ1n) is 8.39. The Bertz CT molecular complexity index is 924. The summed E-state index contributed by atoms with van der Waals surface area (Å²) in [5.74, 6) is -0.730. The zero-order valence-corrected chi connectivity index (χ0v) is 14.3. The fourth-order valence-electron chi connectivity index (χ4n) is 2.78. The smallest absolute Gasteiger partial charge is 0.352 e. The van der Waals surface area contributed by atoms with Gasteiger partial charge in [0.1, 0.15) is 0 Å². The lowest BCUT2D eigenvalue weighted by Gasteiger charge is -2.12. The zero-order chi connectivity index (χ0) is 19.3. The van der Waals surface area contributed by atoms with Crippen LogP contribution in [-0.2, 0) is 12.6 Å². The number of benzene rings is 2. The molecule has 0 radical (unpaired) electrons. The number of hydrogen-bond acceptors (Lipinski definition) is 2. The maximum atomic E-state index is 13.0. The molecule has 1 amide bonds. The highest BCUT2D eigenvalue weighted by Gasteiger charge is 2.34. The topological polar surface area (TPSA) is 42.0 Å². The molecule has 3 aromatic rings. The van der Waals surface area contributed by atoms with E-state index in [9.17, 15) is 18.0 Å². The van der Waals surface area contributed by atoms with Crippen LogP contribution >= 0.6 is 0 Å². The Labute approximate surface area is 154 Å². The Balaban J connectivity index is 1.65. The largest absolute Gasteiger partial charge is 0.417 e. The second kappa shape index (κ2) is 8.03. The fraction of sp³-hybridized carbons (Fsp3) is 0.143. The van der Waals surface area contributed by atoms with Crippen molar-refractivity contribution in [1.29, 1.82) is 0 Å². The minimum atomic E-state index is -4.56. The van der Waals surface area contributed by atoms with Crippen LogP contribution < -0.4 is 5.32 Å². The number of amides is 1. The van der Waals surface area contributed by atoms with E-state index in [4.69, 9.17) is 0 Å². The second-order valence-corrected chi connectivity index (χ2v) is 5.99. The number of carbonyl (C=O) groups excluding carboxylic acids is 1. The van der Waals surface area contributed by atoms with E-state index in [1.165, 1.54) is 18.2 Å². The third kappa shape index (κ3) is 4.73. The van der Waals surface area contributed by atoms with Gasteiger partial charge in [-0.3, -0.25) is 9.78 Å². The molecule has 0 spiro atoms. The van der Waals surface area contributed by atoms with Gasteiger partial charge >= 0.3 is 6.18 Å². The normalized spacial score (nSPS) is 11.2. The fourth-order valence-corrected chi connectivity index (χ4v) is 2.78. The molecule has 6 heteroatoms. The van der Waals surface area contributed by atoms with Crippen molar-refractivity contribution >= 4 is 5.91 Å². The first-order chi connectivity index (χ1) is 12.9. The Kier molecular flexibility index (Phi) is 5.54. The molecule has 2 aromatic carbocycles. The molecule has 0 bridgehead atoms. The van der Waals surface area contributed by atoms with Crippen LogP contribution in [0.3, 0.4) is 0 Å². The van der Waals surface area contributed by atoms with Gasteiger partial charge < -0.3 is 5.32 Å². The van der Waals surface area contributed by atoms with E-state index in [1.54, 1.807) is 12.4 Å². The van der Waals surface area contributed by atoms with Crippen molar-refractivity contribution in [2.75, 3.05) is 6.54 Å². The van der Waals surface area contributed by atoms with Crippen LogP contribution in [0.25, 0.3) is 11.1 Å². The molecular formula is C21H17F3N2O. The standard InChI is InChI=1S/C21H17F3N2O/c22-21(23,24)19-9-2-1-8-18(19)20(27)26-12-10-15-5-3-6-16(13-15)17-7-4-11-25-14-17/h1-9,11,13-14H,10,12H2,(H,26,27). The van der Waals surface area contributed by atoms with Gasteiger partial charge in [-0.15, -0.1) is 0 Å². The van der Waals surface area contributed by atoms with Crippen molar-refractivity contribution < 1.29 is 18.0 Å². The molecule has 0 saturated heterocycles. The quantitative estimate of drug-likeness (QED) is 0.705. The van der Waals surface area contributed by atoms with Crippen LogP contribution in [0.5, 0.6) is 0 Å². The van der Waals surface area contributed by atoms with Gasteiger partial charge in [0.2, 0.25) is 0 Å². The van der Waals surface area contributed by atoms with Crippen LogP contribution in [0.15, 0.2) is 73.1 Å². The predicted octanol–water partition coefficient (Wildman–Crippen LogP) is 4.74. The summed E-state index contributed by atoms with van der Waals surface area (Å²) in [6, 6.07) is 16.3. The summed E-state index contributed by atoms with van der Waals surface area (Å²) in [5, 5.41) is 2.57. The number of pyridine rings is 1. The van der Waals surface area contributed by atoms with E-state index in [-0.39, 0.29) is 12.1 Å². The molecule has 0 unspecified atom stereocenters. The number of rotatable bonds is 5. The number of nitrogens with one attached hydrogen (secondary N) is 1. The Morgan fingerprint density at radius 2 is 1.74 bits per heavy atom. The summed E-state index contributed by atoms with van der Waals surface area (Å²) < 4.78 is 39.0. The molecule has 138 valence electrons. The van der Waals surface area contributed by atoms with E-state index in [1.807, 2.05) is 36.4 Å². The van der Waals surface area contributed by atoms with Crippen molar-refractivity contribution in [3.05, 3.63) is 89.7 Å². The Morgan fingerprint density at radius 1 is 0.963 bits per heavy atom. The highest BCUT2D eigenvalue weighted by Crippen LogP contribution is 2.31. The Morgan fingerprint density at radius 3 is 2.48 bits per heavy atom. The molecule has 3 rings (SSSR count). The van der Waals surface area contributed by atoms with Crippen LogP contribution in [0.1, 0.15) is 21.5 Å². The molecule has 1 aromatic heterocycles. The first-order valence-corrected chi connectivity index (χ1v) is 8.39. The van der Waals surface area contributed by atoms with E-state index in [0.29, 0.717) is 6.42 Å². The lowest BCUT2D eigenvalue weighted by atomic mass is 10.0. The average molecular weight is 370 g/mol. The highest BCUT2D eigenvalue weighted by atomic mass is 19.4. The predicted molar refractivity (Wildman–Crippen MR) is 97.2 cm³/mol. The van der Waals surface area contributed by atoms with E-state index >= 15 is 0 Å². The summed E-state index contributed by atoms with van der Waals surface area (Å²) in [6.07, 6.45) is -0.601. The van der Waals surface area contributed by atoms with Crippen LogP contribution in [0.4, 0.5) is 13.2 Å². The molecular weight excluding hydrogens is 353 g/mol. The molecule has 0 saturated carbocycles. The van der Waals surface area contributed by atoms with Crippen molar-refractivity contribution in [1.82, 2.24) is 10.3 Å². The molecule has 1 heterocycles. The number of halogens is 3. The van der Waals surface area contributed by atoms with Gasteiger partial charge in [-0.25, -0.2) is 0 Å². The van der Waals surface area contributed by atoms with E-state index < -0.39 is 17.6 Å². The van der Waals surface area contributed by atoms with Gasteiger partial charge in [-0.05, 0) is 41.3 Å². The third-order valence-corrected chi connectivity index (χ3v) is 4.10. The molecule has 3 nitrogen and oxygen atoms in total. The monoisotopic (exact) mass is 370 g/mol. The van der Waals surface area contributed by atoms with Crippen LogP contribution in [0, 0.1) is 0 Å². The molecule has 27 heavy (non-hydrogen) atoms. The molecule has 1 N–H and O–H groups in total. The lowest BCUT2D eigenvalue weighted by Crippen LogP contribution is -2.28. The molecule has 0 fully saturated rings. The van der Waals surface area contributed by atoms with Gasteiger partial charge in [-0.1, -0.05) is 42.5 Å². The van der Waals surface area contributed by atoms with E-state index in [0.717, 1.165) is 22.8 Å². The van der Waals surface area contributed by atoms with Crippen molar-refractivity contribution in [3.8, 4) is 11.1 Å². The minimum Gasteiger partial charge on any atom is -0.352 e. The van der Waals surface area contributed by atoms with Crippen molar-refractivity contribution in [2.45, 2.75) is 12.6 Å². The molecule has 0 aliphatic carbocycles. The highest BCUT2D eigenvalue weighted by molar-refractivity contribution is 5.95. The Hall–Kier alpha value is -3.15. The van der Waals surface area contributed by atoms with Crippen LogP contribution in [-0.4, -0.2) is 17.4 Å². The van der Waals surface area contributed by atoms with Gasteiger partial charge in [0.15, 0.2) is 0 Å². The number of alkyl halides is 3. The molecule has 0 aliphatic rings. The lowest BCUT2D eigenvalue weighted by molar-refractivity contribution is -0.137. The maximum Gasteiger partial charge on any atom is 0.417 e. The van der Waals surface area contributed by atoms with Crippen LogP contribution in [0.2, 0.25) is 0 Å². The number of hydrogen-bond donors (Lipinski definition) is 1. The summed E-state index contributed by atoms with van der Waals surface area (Å²) in [4.78, 5) is 16.3. The third-order valence-electron chi connectivity index (χ3n) is 4.10. The first kappa shape index (κ1) is 18.6.